The predicted octanol–water partition coefficient (Wildman–Crippen LogP) is 5.77. The summed E-state index contributed by atoms with van der Waals surface area (Å²) in [7, 11) is 0. The fraction of sp³-hybridized carbons (Fsp3) is 0.0435. The molecule has 0 aliphatic heterocycles. The minimum absolute atomic E-state index is 0. The number of H-pyrrole nitrogens is 1. The quantitative estimate of drug-likeness (QED) is 0.335. The van der Waals surface area contributed by atoms with Crippen molar-refractivity contribution in [2.75, 3.05) is 10.6 Å². The molecule has 2 amide bonds. The van der Waals surface area contributed by atoms with Gasteiger partial charge in [-0.25, -0.2) is 14.2 Å². The summed E-state index contributed by atoms with van der Waals surface area (Å²) in [5, 5.41) is 7.62. The average molecular weight is 436 g/mol. The molecule has 0 unspecified atom stereocenters. The lowest BCUT2D eigenvalue weighted by molar-refractivity contribution is 0.262. The molecular weight excluding hydrogens is 417 g/mol. The Labute approximate surface area is 183 Å². The molecule has 0 aliphatic rings. The number of rotatable bonds is 4. The van der Waals surface area contributed by atoms with Crippen LogP contribution >= 0.6 is 12.4 Å². The number of pyridine rings is 1. The number of benzene rings is 2. The Bertz CT molecular complexity index is 1360. The van der Waals surface area contributed by atoms with Crippen LogP contribution in [0.3, 0.4) is 0 Å². The number of hydrogen-bond acceptors (Lipinski definition) is 2. The number of nitrogens with one attached hydrogen (secondary N) is 3. The lowest BCUT2D eigenvalue weighted by Gasteiger charge is -2.10. The van der Waals surface area contributed by atoms with E-state index in [4.69, 9.17) is 0 Å². The van der Waals surface area contributed by atoms with Crippen molar-refractivity contribution < 1.29 is 9.18 Å². The number of fused-ring (bicyclic) bond motifs is 2. The van der Waals surface area contributed by atoms with Crippen molar-refractivity contribution in [3.05, 3.63) is 90.6 Å². The zero-order valence-electron chi connectivity index (χ0n) is 16.3. The number of carbonyl (C=O) groups is 1. The lowest BCUT2D eigenvalue weighted by Crippen LogP contribution is -2.19. The molecule has 0 radical (unpaired) electrons. The first-order chi connectivity index (χ1) is 14.7. The summed E-state index contributed by atoms with van der Waals surface area (Å²) in [6.45, 7) is 0.686. The van der Waals surface area contributed by atoms with Gasteiger partial charge in [-0.3, -0.25) is 0 Å². The van der Waals surface area contributed by atoms with Crippen LogP contribution < -0.4 is 10.6 Å². The van der Waals surface area contributed by atoms with Gasteiger partial charge in [0.1, 0.15) is 11.5 Å². The first-order valence-corrected chi connectivity index (χ1v) is 9.50. The maximum Gasteiger partial charge on any atom is 0.323 e. The maximum atomic E-state index is 13.0. The van der Waals surface area contributed by atoms with Gasteiger partial charge >= 0.3 is 6.03 Å². The van der Waals surface area contributed by atoms with Crippen molar-refractivity contribution in [2.24, 2.45) is 0 Å². The molecule has 6 nitrogen and oxygen atoms in total. The van der Waals surface area contributed by atoms with E-state index in [1.165, 1.54) is 24.3 Å². The number of urea groups is 1. The first kappa shape index (κ1) is 20.4. The molecule has 0 saturated carbocycles. The second kappa shape index (κ2) is 8.49. The van der Waals surface area contributed by atoms with E-state index in [9.17, 15) is 9.18 Å². The Morgan fingerprint density at radius 3 is 2.68 bits per heavy atom. The monoisotopic (exact) mass is 435 g/mol. The smallest absolute Gasteiger partial charge is 0.323 e. The lowest BCUT2D eigenvalue weighted by atomic mass is 10.2. The highest BCUT2D eigenvalue weighted by molar-refractivity contribution is 6.05. The van der Waals surface area contributed by atoms with Crippen molar-refractivity contribution in [2.45, 2.75) is 6.54 Å². The second-order valence-electron chi connectivity index (χ2n) is 6.98. The molecule has 5 aromatic rings. The van der Waals surface area contributed by atoms with Gasteiger partial charge < -0.3 is 20.2 Å². The maximum absolute atomic E-state index is 13.0. The number of nitrogens with zero attached hydrogens (tertiary/aromatic N) is 2. The summed E-state index contributed by atoms with van der Waals surface area (Å²) in [6, 6.07) is 17.1. The van der Waals surface area contributed by atoms with E-state index < -0.39 is 0 Å². The van der Waals surface area contributed by atoms with E-state index >= 15 is 0 Å². The Kier molecular flexibility index (Phi) is 5.60. The van der Waals surface area contributed by atoms with E-state index in [1.807, 2.05) is 48.8 Å². The van der Waals surface area contributed by atoms with Gasteiger partial charge in [0.25, 0.3) is 0 Å². The number of aromatic nitrogens is 3. The van der Waals surface area contributed by atoms with E-state index in [0.29, 0.717) is 17.9 Å². The highest BCUT2D eigenvalue weighted by atomic mass is 35.5. The molecule has 5 rings (SSSR count). The van der Waals surface area contributed by atoms with Gasteiger partial charge in [-0.1, -0.05) is 6.07 Å². The topological polar surface area (TPSA) is 74.7 Å². The molecular formula is C23H19ClFN5O. The number of hydrogen-bond donors (Lipinski definition) is 3. The van der Waals surface area contributed by atoms with Crippen LogP contribution in [0.5, 0.6) is 0 Å². The Morgan fingerprint density at radius 2 is 1.84 bits per heavy atom. The zero-order chi connectivity index (χ0) is 20.5. The average Bonchev–Trinajstić information content (AvgIpc) is 3.38. The Hall–Kier alpha value is -3.84. The third-order valence-electron chi connectivity index (χ3n) is 5.06. The van der Waals surface area contributed by atoms with Gasteiger partial charge in [-0.05, 0) is 60.2 Å². The van der Waals surface area contributed by atoms with Crippen molar-refractivity contribution in [3.63, 3.8) is 0 Å². The standard InChI is InChI=1S/C23H18FN5O.ClH/c24-16-4-6-17(7-5-16)27-23(30)28-20-2-1-3-21-19(20)10-13-29(21)14-15-8-11-25-22-18(15)9-12-26-22;/h1-13H,14H2,(H,25,26)(H2,27,28,30);1H. The molecule has 3 heterocycles. The Morgan fingerprint density at radius 1 is 1.00 bits per heavy atom. The van der Waals surface area contributed by atoms with E-state index in [0.717, 1.165) is 27.5 Å². The molecule has 3 aromatic heterocycles. The van der Waals surface area contributed by atoms with Crippen molar-refractivity contribution in [3.8, 4) is 0 Å². The second-order valence-corrected chi connectivity index (χ2v) is 6.98. The largest absolute Gasteiger partial charge is 0.346 e. The van der Waals surface area contributed by atoms with Crippen LogP contribution in [0.25, 0.3) is 21.9 Å². The van der Waals surface area contributed by atoms with E-state index in [1.54, 1.807) is 6.20 Å². The predicted molar refractivity (Wildman–Crippen MR) is 123 cm³/mol. The fourth-order valence-electron chi connectivity index (χ4n) is 3.63. The molecule has 0 saturated heterocycles. The fourth-order valence-corrected chi connectivity index (χ4v) is 3.63. The van der Waals surface area contributed by atoms with Gasteiger partial charge in [-0.2, -0.15) is 0 Å². The minimum Gasteiger partial charge on any atom is -0.346 e. The third-order valence-corrected chi connectivity index (χ3v) is 5.06. The molecule has 31 heavy (non-hydrogen) atoms. The molecule has 156 valence electrons. The first-order valence-electron chi connectivity index (χ1n) is 9.50. The minimum atomic E-state index is -0.384. The van der Waals surface area contributed by atoms with Crippen LogP contribution in [0, 0.1) is 5.82 Å². The van der Waals surface area contributed by atoms with Crippen molar-refractivity contribution >= 4 is 51.7 Å². The summed E-state index contributed by atoms with van der Waals surface area (Å²) in [4.78, 5) is 19.9. The molecule has 0 atom stereocenters. The highest BCUT2D eigenvalue weighted by Crippen LogP contribution is 2.26. The molecule has 0 spiro atoms. The number of carbonyl (C=O) groups excluding carboxylic acids is 1. The summed E-state index contributed by atoms with van der Waals surface area (Å²) in [5.74, 6) is -0.349. The summed E-state index contributed by atoms with van der Waals surface area (Å²) in [5.41, 5.74) is 4.25. The van der Waals surface area contributed by atoms with Crippen LogP contribution in [0.15, 0.2) is 79.3 Å². The Balaban J connectivity index is 0.00000231. The summed E-state index contributed by atoms with van der Waals surface area (Å²) < 4.78 is 15.2. The van der Waals surface area contributed by atoms with Gasteiger partial charge in [-0.15, -0.1) is 12.4 Å². The van der Waals surface area contributed by atoms with E-state index in [-0.39, 0.29) is 24.3 Å². The van der Waals surface area contributed by atoms with Crippen LogP contribution in [-0.2, 0) is 6.54 Å². The molecule has 0 fully saturated rings. The molecule has 0 bridgehead atoms. The number of anilines is 2. The molecule has 8 heteroatoms. The molecule has 2 aromatic carbocycles. The highest BCUT2D eigenvalue weighted by Gasteiger charge is 2.11. The van der Waals surface area contributed by atoms with Gasteiger partial charge in [0.15, 0.2) is 0 Å². The van der Waals surface area contributed by atoms with Crippen LogP contribution in [0.1, 0.15) is 5.56 Å². The van der Waals surface area contributed by atoms with Crippen LogP contribution in [0.4, 0.5) is 20.6 Å². The van der Waals surface area contributed by atoms with Crippen LogP contribution in [0.2, 0.25) is 0 Å². The van der Waals surface area contributed by atoms with Gasteiger partial charge in [0.2, 0.25) is 0 Å². The molecule has 3 N–H and O–H groups in total. The normalized spacial score (nSPS) is 10.7. The zero-order valence-corrected chi connectivity index (χ0v) is 17.1. The third kappa shape index (κ3) is 4.08. The van der Waals surface area contributed by atoms with Crippen LogP contribution in [-0.4, -0.2) is 20.6 Å². The SMILES string of the molecule is Cl.O=C(Nc1ccc(F)cc1)Nc1cccc2c1ccn2Cc1ccnc2[nH]ccc12. The van der Waals surface area contributed by atoms with E-state index in [2.05, 4.69) is 25.2 Å². The van der Waals surface area contributed by atoms with Gasteiger partial charge in [0, 0.05) is 41.6 Å². The number of aromatic amines is 1. The summed E-state index contributed by atoms with van der Waals surface area (Å²) >= 11 is 0. The van der Waals surface area contributed by atoms with Crippen molar-refractivity contribution in [1.82, 2.24) is 14.5 Å². The number of amides is 2. The molecule has 0 aliphatic carbocycles. The number of halogens is 2. The van der Waals surface area contributed by atoms with Gasteiger partial charge in [0.05, 0.1) is 11.2 Å². The van der Waals surface area contributed by atoms with Crippen molar-refractivity contribution in [1.29, 1.82) is 0 Å². The summed E-state index contributed by atoms with van der Waals surface area (Å²) in [6.07, 6.45) is 5.69.